The quantitative estimate of drug-likeness (QED) is 0.810. The Balaban J connectivity index is 1.52. The molecule has 1 saturated heterocycles. The molecule has 0 bridgehead atoms. The van der Waals surface area contributed by atoms with E-state index in [1.54, 1.807) is 6.20 Å². The summed E-state index contributed by atoms with van der Waals surface area (Å²) in [6.45, 7) is 5.38. The van der Waals surface area contributed by atoms with Crippen molar-refractivity contribution in [1.29, 1.82) is 0 Å². The first-order valence-corrected chi connectivity index (χ1v) is 11.2. The van der Waals surface area contributed by atoms with Crippen LogP contribution >= 0.6 is 0 Å². The van der Waals surface area contributed by atoms with Crippen LogP contribution in [0.3, 0.4) is 0 Å². The Kier molecular flexibility index (Phi) is 6.16. The molecule has 1 saturated carbocycles. The van der Waals surface area contributed by atoms with Crippen LogP contribution in [-0.4, -0.2) is 40.8 Å². The highest BCUT2D eigenvalue weighted by molar-refractivity contribution is 6.01. The van der Waals surface area contributed by atoms with Gasteiger partial charge < -0.3 is 10.2 Å². The molecule has 5 heteroatoms. The predicted molar refractivity (Wildman–Crippen MR) is 118 cm³/mol. The fourth-order valence-corrected chi connectivity index (χ4v) is 4.64. The smallest absolute Gasteiger partial charge is 0.256 e. The molecule has 1 aromatic heterocycles. The number of hydrogen-bond acceptors (Lipinski definition) is 3. The van der Waals surface area contributed by atoms with Gasteiger partial charge in [-0.25, -0.2) is 0 Å². The average Bonchev–Trinajstić information content (AvgIpc) is 2.72. The van der Waals surface area contributed by atoms with Gasteiger partial charge in [-0.1, -0.05) is 43.7 Å². The lowest BCUT2D eigenvalue weighted by atomic mass is 9.83. The molecule has 2 amide bonds. The van der Waals surface area contributed by atoms with Gasteiger partial charge in [0.1, 0.15) is 0 Å². The van der Waals surface area contributed by atoms with E-state index in [0.29, 0.717) is 18.7 Å². The molecule has 0 unspecified atom stereocenters. The number of carbonyl (C=O) groups excluding carboxylic acids is 2. The van der Waals surface area contributed by atoms with Gasteiger partial charge in [0.05, 0.1) is 11.3 Å². The van der Waals surface area contributed by atoms with Gasteiger partial charge in [0.25, 0.3) is 5.91 Å². The minimum atomic E-state index is 0.0432. The van der Waals surface area contributed by atoms with Gasteiger partial charge in [-0.15, -0.1) is 0 Å². The number of piperidine rings is 1. The summed E-state index contributed by atoms with van der Waals surface area (Å²) in [5.74, 6) is 0.734. The van der Waals surface area contributed by atoms with Crippen molar-refractivity contribution in [3.05, 3.63) is 53.9 Å². The van der Waals surface area contributed by atoms with E-state index in [1.165, 1.54) is 0 Å². The lowest BCUT2D eigenvalue weighted by molar-refractivity contribution is -0.128. The van der Waals surface area contributed by atoms with Gasteiger partial charge in [-0.3, -0.25) is 14.6 Å². The first-order chi connectivity index (χ1) is 14.6. The summed E-state index contributed by atoms with van der Waals surface area (Å²) in [5, 5.41) is 3.28. The monoisotopic (exact) mass is 405 g/mol. The lowest BCUT2D eigenvalue weighted by Crippen LogP contribution is -2.53. The van der Waals surface area contributed by atoms with Gasteiger partial charge in [-0.05, 0) is 55.7 Å². The summed E-state index contributed by atoms with van der Waals surface area (Å²) in [7, 11) is 0. The number of likely N-dealkylation sites (tertiary alicyclic amines) is 1. The molecule has 1 N–H and O–H groups in total. The van der Waals surface area contributed by atoms with E-state index in [4.69, 9.17) is 0 Å². The SMILES string of the molecule is CC[C@@H]1CN(C(=O)c2c(-c3ccccc3)ccnc2C)CC[C@@H]1NC(=O)C1CCC1. The van der Waals surface area contributed by atoms with Gasteiger partial charge >= 0.3 is 0 Å². The van der Waals surface area contributed by atoms with Crippen molar-refractivity contribution >= 4 is 11.8 Å². The van der Waals surface area contributed by atoms with Crippen LogP contribution in [0.4, 0.5) is 0 Å². The van der Waals surface area contributed by atoms with Gasteiger partial charge in [0.2, 0.25) is 5.91 Å². The third-order valence-corrected chi connectivity index (χ3v) is 6.79. The van der Waals surface area contributed by atoms with E-state index in [9.17, 15) is 9.59 Å². The summed E-state index contributed by atoms with van der Waals surface area (Å²) in [5.41, 5.74) is 3.41. The summed E-state index contributed by atoms with van der Waals surface area (Å²) in [6.07, 6.45) is 6.71. The van der Waals surface area contributed by atoms with E-state index < -0.39 is 0 Å². The zero-order chi connectivity index (χ0) is 21.1. The number of amides is 2. The van der Waals surface area contributed by atoms with Crippen molar-refractivity contribution in [1.82, 2.24) is 15.2 Å². The summed E-state index contributed by atoms with van der Waals surface area (Å²) >= 11 is 0. The normalized spacial score (nSPS) is 21.7. The van der Waals surface area contributed by atoms with Crippen LogP contribution in [0, 0.1) is 18.8 Å². The van der Waals surface area contributed by atoms with Crippen molar-refractivity contribution < 1.29 is 9.59 Å². The molecule has 0 radical (unpaired) electrons. The van der Waals surface area contributed by atoms with Crippen molar-refractivity contribution in [3.8, 4) is 11.1 Å². The number of rotatable bonds is 5. The Labute approximate surface area is 178 Å². The molecule has 30 heavy (non-hydrogen) atoms. The van der Waals surface area contributed by atoms with Crippen LogP contribution in [0.2, 0.25) is 0 Å². The number of benzene rings is 1. The van der Waals surface area contributed by atoms with Crippen molar-refractivity contribution in [3.63, 3.8) is 0 Å². The average molecular weight is 406 g/mol. The second kappa shape index (κ2) is 8.99. The molecule has 2 atom stereocenters. The summed E-state index contributed by atoms with van der Waals surface area (Å²) in [4.78, 5) is 32.4. The fraction of sp³-hybridized carbons (Fsp3) is 0.480. The zero-order valence-electron chi connectivity index (χ0n) is 17.9. The molecule has 4 rings (SSSR count). The van der Waals surface area contributed by atoms with Crippen LogP contribution in [-0.2, 0) is 4.79 Å². The van der Waals surface area contributed by atoms with E-state index in [2.05, 4.69) is 17.2 Å². The third kappa shape index (κ3) is 4.11. The maximum atomic E-state index is 13.6. The molecule has 2 fully saturated rings. The Morgan fingerprint density at radius 3 is 2.57 bits per heavy atom. The second-order valence-corrected chi connectivity index (χ2v) is 8.64. The Morgan fingerprint density at radius 1 is 1.13 bits per heavy atom. The lowest BCUT2D eigenvalue weighted by Gasteiger charge is -2.40. The minimum absolute atomic E-state index is 0.0432. The molecule has 2 heterocycles. The molecule has 158 valence electrons. The van der Waals surface area contributed by atoms with Crippen LogP contribution < -0.4 is 5.32 Å². The molecule has 2 aromatic rings. The van der Waals surface area contributed by atoms with E-state index in [0.717, 1.165) is 48.9 Å². The van der Waals surface area contributed by atoms with E-state index in [1.807, 2.05) is 48.2 Å². The minimum Gasteiger partial charge on any atom is -0.353 e. The Morgan fingerprint density at radius 2 is 1.90 bits per heavy atom. The molecule has 5 nitrogen and oxygen atoms in total. The number of aromatic nitrogens is 1. The largest absolute Gasteiger partial charge is 0.353 e. The third-order valence-electron chi connectivity index (χ3n) is 6.79. The van der Waals surface area contributed by atoms with E-state index >= 15 is 0 Å². The molecule has 1 aliphatic heterocycles. The highest BCUT2D eigenvalue weighted by atomic mass is 16.2. The van der Waals surface area contributed by atoms with Crippen molar-refractivity contribution in [2.45, 2.75) is 52.0 Å². The number of nitrogens with zero attached hydrogens (tertiary/aromatic N) is 2. The first-order valence-electron chi connectivity index (χ1n) is 11.2. The standard InChI is InChI=1S/C25H31N3O2/c1-3-18-16-28(15-13-22(18)27-24(29)20-10-7-11-20)25(30)23-17(2)26-14-12-21(23)19-8-5-4-6-9-19/h4-6,8-9,12,14,18,20,22H,3,7,10-11,13,15-16H2,1-2H3,(H,27,29)/t18-,22+/m1/s1. The maximum Gasteiger partial charge on any atom is 0.256 e. The molecule has 1 aromatic carbocycles. The zero-order valence-corrected chi connectivity index (χ0v) is 17.9. The highest BCUT2D eigenvalue weighted by Crippen LogP contribution is 2.30. The van der Waals surface area contributed by atoms with Crippen LogP contribution in [0.25, 0.3) is 11.1 Å². The number of aryl methyl sites for hydroxylation is 1. The van der Waals surface area contributed by atoms with Crippen molar-refractivity contribution in [2.24, 2.45) is 11.8 Å². The number of hydrogen-bond donors (Lipinski definition) is 1. The van der Waals surface area contributed by atoms with Gasteiger partial charge in [0, 0.05) is 31.2 Å². The van der Waals surface area contributed by atoms with Crippen molar-refractivity contribution in [2.75, 3.05) is 13.1 Å². The van der Waals surface area contributed by atoms with Gasteiger partial charge in [0.15, 0.2) is 0 Å². The van der Waals surface area contributed by atoms with Gasteiger partial charge in [-0.2, -0.15) is 0 Å². The first kappa shape index (κ1) is 20.6. The molecular weight excluding hydrogens is 374 g/mol. The number of carbonyl (C=O) groups is 2. The van der Waals surface area contributed by atoms with E-state index in [-0.39, 0.29) is 29.7 Å². The van der Waals surface area contributed by atoms with Crippen LogP contribution in [0.5, 0.6) is 0 Å². The molecular formula is C25H31N3O2. The molecule has 2 aliphatic rings. The summed E-state index contributed by atoms with van der Waals surface area (Å²) in [6, 6.07) is 12.1. The number of nitrogens with one attached hydrogen (secondary N) is 1. The number of pyridine rings is 1. The summed E-state index contributed by atoms with van der Waals surface area (Å²) < 4.78 is 0. The van der Waals surface area contributed by atoms with Crippen LogP contribution in [0.15, 0.2) is 42.6 Å². The Hall–Kier alpha value is -2.69. The predicted octanol–water partition coefficient (Wildman–Crippen LogP) is 4.21. The van der Waals surface area contributed by atoms with Crippen LogP contribution in [0.1, 0.15) is 55.1 Å². The fourth-order valence-electron chi connectivity index (χ4n) is 4.64. The maximum absolute atomic E-state index is 13.6. The topological polar surface area (TPSA) is 62.3 Å². The molecule has 0 spiro atoms. The Bertz CT molecular complexity index is 908. The molecule has 1 aliphatic carbocycles. The highest BCUT2D eigenvalue weighted by Gasteiger charge is 2.35. The second-order valence-electron chi connectivity index (χ2n) is 8.64.